The van der Waals surface area contributed by atoms with Gasteiger partial charge in [-0.2, -0.15) is 0 Å². The first-order valence-electron chi connectivity index (χ1n) is 6.83. The SMILES string of the molecule is CCOC(=O)c1ccccc1OC(=O)Oc1ccccc1C. The van der Waals surface area contributed by atoms with Gasteiger partial charge in [-0.1, -0.05) is 30.3 Å². The summed E-state index contributed by atoms with van der Waals surface area (Å²) in [4.78, 5) is 23.7. The van der Waals surface area contributed by atoms with Crippen molar-refractivity contribution in [3.05, 3.63) is 59.7 Å². The Kier molecular flexibility index (Phi) is 5.14. The minimum absolute atomic E-state index is 0.0968. The van der Waals surface area contributed by atoms with E-state index in [2.05, 4.69) is 0 Å². The monoisotopic (exact) mass is 300 g/mol. The van der Waals surface area contributed by atoms with E-state index in [0.29, 0.717) is 5.75 Å². The molecule has 2 aromatic rings. The molecule has 0 aliphatic carbocycles. The zero-order chi connectivity index (χ0) is 15.9. The molecule has 2 aromatic carbocycles. The maximum atomic E-state index is 11.9. The number of para-hydroxylation sites is 2. The second kappa shape index (κ2) is 7.26. The molecule has 5 heteroatoms. The second-order valence-corrected chi connectivity index (χ2v) is 4.44. The maximum absolute atomic E-state index is 11.9. The molecule has 0 atom stereocenters. The minimum Gasteiger partial charge on any atom is -0.462 e. The molecule has 0 amide bonds. The van der Waals surface area contributed by atoms with Gasteiger partial charge in [-0.15, -0.1) is 0 Å². The number of hydrogen-bond acceptors (Lipinski definition) is 5. The molecule has 0 aliphatic heterocycles. The number of benzene rings is 2. The van der Waals surface area contributed by atoms with Gasteiger partial charge < -0.3 is 14.2 Å². The van der Waals surface area contributed by atoms with Gasteiger partial charge in [-0.05, 0) is 37.6 Å². The zero-order valence-electron chi connectivity index (χ0n) is 12.4. The number of carbonyl (C=O) groups is 2. The number of rotatable bonds is 4. The molecule has 0 saturated carbocycles. The fraction of sp³-hybridized carbons (Fsp3) is 0.176. The number of hydrogen-bond donors (Lipinski definition) is 0. The van der Waals surface area contributed by atoms with Crippen LogP contribution < -0.4 is 9.47 Å². The molecule has 0 spiro atoms. The number of aryl methyl sites for hydroxylation is 1. The van der Waals surface area contributed by atoms with Gasteiger partial charge >= 0.3 is 12.1 Å². The molecule has 0 aromatic heterocycles. The lowest BCUT2D eigenvalue weighted by Crippen LogP contribution is -2.16. The molecular formula is C17H16O5. The van der Waals surface area contributed by atoms with Crippen molar-refractivity contribution in [2.45, 2.75) is 13.8 Å². The summed E-state index contributed by atoms with van der Waals surface area (Å²) < 4.78 is 15.2. The average molecular weight is 300 g/mol. The third-order valence-electron chi connectivity index (χ3n) is 2.86. The van der Waals surface area contributed by atoms with Crippen LogP contribution in [0.1, 0.15) is 22.8 Å². The Hall–Kier alpha value is -2.82. The molecule has 0 heterocycles. The summed E-state index contributed by atoms with van der Waals surface area (Å²) in [5, 5.41) is 0. The Bertz CT molecular complexity index is 678. The summed E-state index contributed by atoms with van der Waals surface area (Å²) in [6.45, 7) is 3.75. The Labute approximate surface area is 128 Å². The van der Waals surface area contributed by atoms with Crippen molar-refractivity contribution in [2.75, 3.05) is 6.61 Å². The summed E-state index contributed by atoms with van der Waals surface area (Å²) in [5.41, 5.74) is 0.976. The van der Waals surface area contributed by atoms with Crippen LogP contribution in [0.4, 0.5) is 4.79 Å². The van der Waals surface area contributed by atoms with E-state index in [4.69, 9.17) is 14.2 Å². The van der Waals surface area contributed by atoms with Crippen molar-refractivity contribution >= 4 is 12.1 Å². The first-order valence-corrected chi connectivity index (χ1v) is 6.83. The first kappa shape index (κ1) is 15.6. The van der Waals surface area contributed by atoms with Crippen LogP contribution in [0.5, 0.6) is 11.5 Å². The van der Waals surface area contributed by atoms with E-state index in [1.54, 1.807) is 31.2 Å². The molecule has 22 heavy (non-hydrogen) atoms. The standard InChI is InChI=1S/C17H16O5/c1-3-20-16(18)13-9-5-7-11-15(13)22-17(19)21-14-10-6-4-8-12(14)2/h4-11H,3H2,1-2H3. The normalized spacial score (nSPS) is 9.91. The predicted octanol–water partition coefficient (Wildman–Crippen LogP) is 3.75. The molecule has 0 aliphatic rings. The van der Waals surface area contributed by atoms with Gasteiger partial charge in [-0.3, -0.25) is 0 Å². The first-order chi connectivity index (χ1) is 10.6. The molecule has 2 rings (SSSR count). The third kappa shape index (κ3) is 3.85. The van der Waals surface area contributed by atoms with Crippen LogP contribution in [0.25, 0.3) is 0 Å². The van der Waals surface area contributed by atoms with Crippen molar-refractivity contribution < 1.29 is 23.8 Å². The summed E-state index contributed by atoms with van der Waals surface area (Å²) in [7, 11) is 0. The van der Waals surface area contributed by atoms with Gasteiger partial charge in [0.15, 0.2) is 0 Å². The molecule has 5 nitrogen and oxygen atoms in total. The van der Waals surface area contributed by atoms with E-state index < -0.39 is 12.1 Å². The van der Waals surface area contributed by atoms with Crippen molar-refractivity contribution in [3.63, 3.8) is 0 Å². The van der Waals surface area contributed by atoms with Crippen LogP contribution in [0, 0.1) is 6.92 Å². The zero-order valence-corrected chi connectivity index (χ0v) is 12.4. The molecule has 0 bridgehead atoms. The summed E-state index contributed by atoms with van der Waals surface area (Å²) in [6, 6.07) is 13.4. The van der Waals surface area contributed by atoms with Crippen LogP contribution in [0.3, 0.4) is 0 Å². The quantitative estimate of drug-likeness (QED) is 0.635. The summed E-state index contributed by atoms with van der Waals surface area (Å²) in [5.74, 6) is -0.0533. The van der Waals surface area contributed by atoms with Gasteiger partial charge in [0.25, 0.3) is 0 Å². The Morgan fingerprint density at radius 3 is 2.18 bits per heavy atom. The molecule has 0 N–H and O–H groups in total. The van der Waals surface area contributed by atoms with E-state index in [0.717, 1.165) is 5.56 Å². The van der Waals surface area contributed by atoms with E-state index in [1.165, 1.54) is 12.1 Å². The Morgan fingerprint density at radius 2 is 1.50 bits per heavy atom. The van der Waals surface area contributed by atoms with Gasteiger partial charge in [0.05, 0.1) is 6.61 Å². The Balaban J connectivity index is 2.12. The molecule has 0 saturated heterocycles. The molecule has 0 radical (unpaired) electrons. The average Bonchev–Trinajstić information content (AvgIpc) is 2.50. The molecule has 0 unspecified atom stereocenters. The van der Waals surface area contributed by atoms with Crippen molar-refractivity contribution in [1.82, 2.24) is 0 Å². The van der Waals surface area contributed by atoms with E-state index >= 15 is 0 Å². The molecule has 114 valence electrons. The molecule has 0 fully saturated rings. The third-order valence-corrected chi connectivity index (χ3v) is 2.86. The van der Waals surface area contributed by atoms with Crippen LogP contribution in [0.2, 0.25) is 0 Å². The highest BCUT2D eigenvalue weighted by molar-refractivity contribution is 5.93. The van der Waals surface area contributed by atoms with Crippen molar-refractivity contribution in [2.24, 2.45) is 0 Å². The van der Waals surface area contributed by atoms with Gasteiger partial charge in [-0.25, -0.2) is 9.59 Å². The summed E-state index contributed by atoms with van der Waals surface area (Å²) in [6.07, 6.45) is -0.911. The van der Waals surface area contributed by atoms with Crippen LogP contribution in [-0.2, 0) is 4.74 Å². The lowest BCUT2D eigenvalue weighted by Gasteiger charge is -2.10. The van der Waals surface area contributed by atoms with E-state index in [9.17, 15) is 9.59 Å². The topological polar surface area (TPSA) is 61.8 Å². The summed E-state index contributed by atoms with van der Waals surface area (Å²) >= 11 is 0. The smallest absolute Gasteiger partial charge is 0.462 e. The maximum Gasteiger partial charge on any atom is 0.519 e. The van der Waals surface area contributed by atoms with Crippen LogP contribution in [0.15, 0.2) is 48.5 Å². The van der Waals surface area contributed by atoms with Gasteiger partial charge in [0, 0.05) is 0 Å². The van der Waals surface area contributed by atoms with Crippen LogP contribution >= 0.6 is 0 Å². The van der Waals surface area contributed by atoms with Crippen molar-refractivity contribution in [1.29, 1.82) is 0 Å². The minimum atomic E-state index is -0.911. The highest BCUT2D eigenvalue weighted by atomic mass is 16.7. The van der Waals surface area contributed by atoms with E-state index in [-0.39, 0.29) is 17.9 Å². The Morgan fingerprint density at radius 1 is 0.909 bits per heavy atom. The molecular weight excluding hydrogens is 284 g/mol. The van der Waals surface area contributed by atoms with Crippen molar-refractivity contribution in [3.8, 4) is 11.5 Å². The lowest BCUT2D eigenvalue weighted by atomic mass is 10.2. The number of carbonyl (C=O) groups excluding carboxylic acids is 2. The highest BCUT2D eigenvalue weighted by Crippen LogP contribution is 2.21. The largest absolute Gasteiger partial charge is 0.519 e. The predicted molar refractivity (Wildman–Crippen MR) is 80.2 cm³/mol. The van der Waals surface area contributed by atoms with Gasteiger partial charge in [0.1, 0.15) is 17.1 Å². The fourth-order valence-electron chi connectivity index (χ4n) is 1.80. The fourth-order valence-corrected chi connectivity index (χ4v) is 1.80. The van der Waals surface area contributed by atoms with Gasteiger partial charge in [0.2, 0.25) is 0 Å². The lowest BCUT2D eigenvalue weighted by molar-refractivity contribution is 0.0522. The number of ether oxygens (including phenoxy) is 3. The van der Waals surface area contributed by atoms with Crippen LogP contribution in [-0.4, -0.2) is 18.7 Å². The second-order valence-electron chi connectivity index (χ2n) is 4.44. The van der Waals surface area contributed by atoms with E-state index in [1.807, 2.05) is 19.1 Å². The number of esters is 1. The highest BCUT2D eigenvalue weighted by Gasteiger charge is 2.17.